The summed E-state index contributed by atoms with van der Waals surface area (Å²) < 4.78 is 1.82. The standard InChI is InChI=1S/C22H28N4O2/c1-22(2,28)19(15-7-4-3-5-8-15)24-16-10-12-17(13-11-16)26-20-18(25-21(26)27)9-6-14-23-20/h3-9,14,16-17,19,24,28H,10-13H2,1-2H3,(H,25,27)/t16-,17-,19?. The van der Waals surface area contributed by atoms with Crippen LogP contribution in [-0.4, -0.2) is 31.3 Å². The van der Waals surface area contributed by atoms with Gasteiger partial charge in [-0.3, -0.25) is 4.57 Å². The zero-order valence-electron chi connectivity index (χ0n) is 16.4. The van der Waals surface area contributed by atoms with Crippen molar-refractivity contribution in [3.8, 4) is 0 Å². The van der Waals surface area contributed by atoms with Crippen LogP contribution in [0.1, 0.15) is 57.2 Å². The van der Waals surface area contributed by atoms with E-state index in [1.807, 2.05) is 48.7 Å². The third kappa shape index (κ3) is 3.75. The first-order chi connectivity index (χ1) is 13.4. The van der Waals surface area contributed by atoms with Crippen LogP contribution in [0.2, 0.25) is 0 Å². The Morgan fingerprint density at radius 3 is 2.54 bits per heavy atom. The van der Waals surface area contributed by atoms with Crippen LogP contribution in [0.15, 0.2) is 53.5 Å². The van der Waals surface area contributed by atoms with Crippen LogP contribution in [0.3, 0.4) is 0 Å². The molecule has 0 radical (unpaired) electrons. The molecule has 6 heteroatoms. The van der Waals surface area contributed by atoms with E-state index in [-0.39, 0.29) is 17.8 Å². The van der Waals surface area contributed by atoms with Gasteiger partial charge < -0.3 is 15.4 Å². The summed E-state index contributed by atoms with van der Waals surface area (Å²) in [5.74, 6) is 0. The van der Waals surface area contributed by atoms with Crippen LogP contribution in [0, 0.1) is 0 Å². The van der Waals surface area contributed by atoms with E-state index in [0.717, 1.165) is 42.4 Å². The Morgan fingerprint density at radius 1 is 1.14 bits per heavy atom. The van der Waals surface area contributed by atoms with Crippen molar-refractivity contribution in [2.45, 2.75) is 63.3 Å². The van der Waals surface area contributed by atoms with Crippen LogP contribution in [-0.2, 0) is 0 Å². The Balaban J connectivity index is 1.48. The Labute approximate surface area is 164 Å². The molecule has 6 nitrogen and oxygen atoms in total. The van der Waals surface area contributed by atoms with Crippen molar-refractivity contribution >= 4 is 11.2 Å². The number of nitrogens with one attached hydrogen (secondary N) is 2. The van der Waals surface area contributed by atoms with Crippen molar-refractivity contribution in [2.75, 3.05) is 0 Å². The first-order valence-electron chi connectivity index (χ1n) is 10.0. The van der Waals surface area contributed by atoms with E-state index in [0.29, 0.717) is 6.04 Å². The van der Waals surface area contributed by atoms with Gasteiger partial charge >= 0.3 is 5.69 Å². The summed E-state index contributed by atoms with van der Waals surface area (Å²) in [5.41, 5.74) is 1.68. The average Bonchev–Trinajstić information content (AvgIpc) is 3.02. The Morgan fingerprint density at radius 2 is 1.86 bits per heavy atom. The number of hydrogen-bond acceptors (Lipinski definition) is 4. The van der Waals surface area contributed by atoms with Crippen molar-refractivity contribution in [2.24, 2.45) is 0 Å². The van der Waals surface area contributed by atoms with Crippen LogP contribution in [0.5, 0.6) is 0 Å². The molecule has 1 saturated carbocycles. The number of pyridine rings is 1. The number of imidazole rings is 1. The molecule has 4 rings (SSSR count). The predicted molar refractivity (Wildman–Crippen MR) is 110 cm³/mol. The van der Waals surface area contributed by atoms with E-state index in [9.17, 15) is 9.90 Å². The summed E-state index contributed by atoms with van der Waals surface area (Å²) in [5, 5.41) is 14.4. The number of aliphatic hydroxyl groups is 1. The van der Waals surface area contributed by atoms with Gasteiger partial charge in [-0.25, -0.2) is 9.78 Å². The maximum absolute atomic E-state index is 12.4. The van der Waals surface area contributed by atoms with Crippen LogP contribution in [0.4, 0.5) is 0 Å². The summed E-state index contributed by atoms with van der Waals surface area (Å²) in [4.78, 5) is 19.7. The minimum atomic E-state index is -0.865. The molecule has 2 aromatic heterocycles. The number of fused-ring (bicyclic) bond motifs is 1. The fourth-order valence-corrected chi connectivity index (χ4v) is 4.39. The zero-order valence-corrected chi connectivity index (χ0v) is 16.4. The highest BCUT2D eigenvalue weighted by Crippen LogP contribution is 2.33. The van der Waals surface area contributed by atoms with Crippen LogP contribution >= 0.6 is 0 Å². The van der Waals surface area contributed by atoms with Crippen molar-refractivity contribution in [3.05, 3.63) is 64.7 Å². The molecule has 1 aliphatic carbocycles. The van der Waals surface area contributed by atoms with Crippen LogP contribution in [0.25, 0.3) is 11.2 Å². The predicted octanol–water partition coefficient (Wildman–Crippen LogP) is 3.31. The minimum Gasteiger partial charge on any atom is -0.388 e. The number of aromatic amines is 1. The van der Waals surface area contributed by atoms with Crippen molar-refractivity contribution in [3.63, 3.8) is 0 Å². The second-order valence-corrected chi connectivity index (χ2v) is 8.34. The lowest BCUT2D eigenvalue weighted by Crippen LogP contribution is -2.45. The van der Waals surface area contributed by atoms with Gasteiger partial charge in [0, 0.05) is 18.3 Å². The first-order valence-corrected chi connectivity index (χ1v) is 10.0. The smallest absolute Gasteiger partial charge is 0.327 e. The lowest BCUT2D eigenvalue weighted by Gasteiger charge is -2.37. The normalized spacial score (nSPS) is 21.7. The van der Waals surface area contributed by atoms with Gasteiger partial charge in [0.25, 0.3) is 0 Å². The van der Waals surface area contributed by atoms with Crippen LogP contribution < -0.4 is 11.0 Å². The molecule has 0 aliphatic heterocycles. The Hall–Kier alpha value is -2.44. The highest BCUT2D eigenvalue weighted by molar-refractivity contribution is 5.70. The largest absolute Gasteiger partial charge is 0.388 e. The van der Waals surface area contributed by atoms with Gasteiger partial charge in [0.05, 0.1) is 17.2 Å². The van der Waals surface area contributed by atoms with E-state index in [1.165, 1.54) is 0 Å². The molecular formula is C22H28N4O2. The summed E-state index contributed by atoms with van der Waals surface area (Å²) in [6.45, 7) is 3.70. The van der Waals surface area contributed by atoms with Gasteiger partial charge in [0.15, 0.2) is 5.65 Å². The topological polar surface area (TPSA) is 82.9 Å². The second-order valence-electron chi connectivity index (χ2n) is 8.34. The third-order valence-electron chi connectivity index (χ3n) is 5.78. The number of aromatic nitrogens is 3. The molecule has 1 aromatic carbocycles. The number of H-pyrrole nitrogens is 1. The molecule has 3 N–H and O–H groups in total. The first kappa shape index (κ1) is 18.9. The third-order valence-corrected chi connectivity index (χ3v) is 5.78. The summed E-state index contributed by atoms with van der Waals surface area (Å²) in [6.07, 6.45) is 5.46. The SMILES string of the molecule is CC(C)(O)C(N[C@H]1CC[C@H](n2c(=O)[nH]c3cccnc32)CC1)c1ccccc1. The maximum atomic E-state index is 12.4. The molecule has 1 aliphatic rings. The second kappa shape index (κ2) is 7.53. The van der Waals surface area contributed by atoms with Crippen molar-refractivity contribution < 1.29 is 5.11 Å². The van der Waals surface area contributed by atoms with Gasteiger partial charge in [0.1, 0.15) is 0 Å². The molecule has 1 atom stereocenters. The number of hydrogen-bond donors (Lipinski definition) is 3. The van der Waals surface area contributed by atoms with Gasteiger partial charge in [-0.05, 0) is 57.2 Å². The highest BCUT2D eigenvalue weighted by Gasteiger charge is 2.32. The molecule has 0 bridgehead atoms. The minimum absolute atomic E-state index is 0.0798. The molecule has 2 heterocycles. The van der Waals surface area contributed by atoms with E-state index in [4.69, 9.17) is 0 Å². The molecular weight excluding hydrogens is 352 g/mol. The quantitative estimate of drug-likeness (QED) is 0.634. The molecule has 1 fully saturated rings. The molecule has 0 saturated heterocycles. The molecule has 28 heavy (non-hydrogen) atoms. The van der Waals surface area contributed by atoms with Gasteiger partial charge in [-0.15, -0.1) is 0 Å². The van der Waals surface area contributed by atoms with E-state index in [1.54, 1.807) is 6.20 Å². The average molecular weight is 380 g/mol. The molecule has 3 aromatic rings. The zero-order chi connectivity index (χ0) is 19.7. The Bertz CT molecular complexity index is 979. The van der Waals surface area contributed by atoms with E-state index in [2.05, 4.69) is 27.4 Å². The molecule has 0 amide bonds. The van der Waals surface area contributed by atoms with Crippen molar-refractivity contribution in [1.29, 1.82) is 0 Å². The lowest BCUT2D eigenvalue weighted by molar-refractivity contribution is 0.0292. The number of nitrogens with zero attached hydrogens (tertiary/aromatic N) is 2. The molecule has 0 spiro atoms. The van der Waals surface area contributed by atoms with Gasteiger partial charge in [-0.2, -0.15) is 0 Å². The fourth-order valence-electron chi connectivity index (χ4n) is 4.39. The summed E-state index contributed by atoms with van der Waals surface area (Å²) in [7, 11) is 0. The lowest BCUT2D eigenvalue weighted by atomic mass is 9.86. The summed E-state index contributed by atoms with van der Waals surface area (Å²) in [6, 6.07) is 14.2. The summed E-state index contributed by atoms with van der Waals surface area (Å²) >= 11 is 0. The monoisotopic (exact) mass is 380 g/mol. The Kier molecular flexibility index (Phi) is 5.08. The molecule has 1 unspecified atom stereocenters. The maximum Gasteiger partial charge on any atom is 0.327 e. The van der Waals surface area contributed by atoms with E-state index >= 15 is 0 Å². The van der Waals surface area contributed by atoms with Gasteiger partial charge in [0.2, 0.25) is 0 Å². The fraction of sp³-hybridized carbons (Fsp3) is 0.455. The number of rotatable bonds is 5. The van der Waals surface area contributed by atoms with Crippen molar-refractivity contribution in [1.82, 2.24) is 19.9 Å². The van der Waals surface area contributed by atoms with Gasteiger partial charge in [-0.1, -0.05) is 30.3 Å². The highest BCUT2D eigenvalue weighted by atomic mass is 16.3. The van der Waals surface area contributed by atoms with E-state index < -0.39 is 5.60 Å². The number of benzene rings is 1. The molecule has 148 valence electrons.